The van der Waals surface area contributed by atoms with E-state index in [1.165, 1.54) is 0 Å². The van der Waals surface area contributed by atoms with E-state index in [1.54, 1.807) is 16.7 Å². The van der Waals surface area contributed by atoms with Crippen LogP contribution in [0.1, 0.15) is 6.42 Å². The molecule has 2 saturated heterocycles. The third kappa shape index (κ3) is 4.41. The molecule has 2 amide bonds. The van der Waals surface area contributed by atoms with E-state index in [4.69, 9.17) is 4.74 Å². The zero-order valence-electron chi connectivity index (χ0n) is 16.5. The molecule has 152 valence electrons. The first-order chi connectivity index (χ1) is 14.2. The van der Waals surface area contributed by atoms with Crippen molar-refractivity contribution in [2.45, 2.75) is 11.3 Å². The number of morpholine rings is 1. The van der Waals surface area contributed by atoms with Crippen LogP contribution in [0, 0.1) is 5.92 Å². The van der Waals surface area contributed by atoms with Gasteiger partial charge >= 0.3 is 0 Å². The van der Waals surface area contributed by atoms with E-state index < -0.39 is 0 Å². The van der Waals surface area contributed by atoms with Crippen molar-refractivity contribution >= 4 is 40.6 Å². The minimum Gasteiger partial charge on any atom is -0.378 e. The summed E-state index contributed by atoms with van der Waals surface area (Å²) in [6, 6.07) is 15.7. The number of rotatable bonds is 5. The minimum atomic E-state index is -0.363. The van der Waals surface area contributed by atoms with Crippen molar-refractivity contribution in [1.29, 1.82) is 0 Å². The molecular weight excluding hydrogens is 386 g/mol. The molecular formula is C22H25N3O3S. The highest BCUT2D eigenvalue weighted by Crippen LogP contribution is 2.31. The van der Waals surface area contributed by atoms with Gasteiger partial charge in [-0.25, -0.2) is 0 Å². The molecule has 7 heteroatoms. The van der Waals surface area contributed by atoms with Gasteiger partial charge in [-0.15, -0.1) is 11.8 Å². The van der Waals surface area contributed by atoms with Gasteiger partial charge in [-0.1, -0.05) is 18.2 Å². The fourth-order valence-electron chi connectivity index (χ4n) is 3.81. The third-order valence-electron chi connectivity index (χ3n) is 5.37. The monoisotopic (exact) mass is 411 g/mol. The van der Waals surface area contributed by atoms with E-state index in [-0.39, 0.29) is 24.2 Å². The van der Waals surface area contributed by atoms with Gasteiger partial charge in [0.05, 0.1) is 30.5 Å². The maximum absolute atomic E-state index is 13.0. The summed E-state index contributed by atoms with van der Waals surface area (Å²) < 4.78 is 5.43. The molecule has 0 unspecified atom stereocenters. The summed E-state index contributed by atoms with van der Waals surface area (Å²) in [5.74, 6) is -0.481. The Morgan fingerprint density at radius 3 is 2.72 bits per heavy atom. The van der Waals surface area contributed by atoms with E-state index in [9.17, 15) is 9.59 Å². The Morgan fingerprint density at radius 1 is 1.14 bits per heavy atom. The van der Waals surface area contributed by atoms with Gasteiger partial charge in [-0.05, 0) is 36.6 Å². The molecule has 2 aliphatic heterocycles. The van der Waals surface area contributed by atoms with Crippen LogP contribution in [0.4, 0.5) is 17.1 Å². The van der Waals surface area contributed by atoms with E-state index >= 15 is 0 Å². The predicted molar refractivity (Wildman–Crippen MR) is 117 cm³/mol. The number of anilines is 3. The number of nitrogens with one attached hydrogen (secondary N) is 1. The van der Waals surface area contributed by atoms with Crippen LogP contribution in [-0.2, 0) is 14.3 Å². The first-order valence-electron chi connectivity index (χ1n) is 9.82. The van der Waals surface area contributed by atoms with Crippen molar-refractivity contribution in [2.24, 2.45) is 5.92 Å². The second-order valence-electron chi connectivity index (χ2n) is 7.21. The van der Waals surface area contributed by atoms with Crippen molar-refractivity contribution in [3.8, 4) is 0 Å². The molecule has 2 fully saturated rings. The average molecular weight is 412 g/mol. The molecule has 2 heterocycles. The number of para-hydroxylation sites is 2. The van der Waals surface area contributed by atoms with Gasteiger partial charge in [-0.3, -0.25) is 9.59 Å². The summed E-state index contributed by atoms with van der Waals surface area (Å²) >= 11 is 1.64. The fraction of sp³-hybridized carbons (Fsp3) is 0.364. The second-order valence-corrected chi connectivity index (χ2v) is 8.09. The van der Waals surface area contributed by atoms with Gasteiger partial charge in [0.25, 0.3) is 0 Å². The van der Waals surface area contributed by atoms with Gasteiger partial charge in [0, 0.05) is 36.6 Å². The first-order valence-corrected chi connectivity index (χ1v) is 11.0. The van der Waals surface area contributed by atoms with Crippen LogP contribution in [0.5, 0.6) is 0 Å². The second kappa shape index (κ2) is 8.88. The van der Waals surface area contributed by atoms with Crippen molar-refractivity contribution in [3.05, 3.63) is 48.5 Å². The number of carbonyl (C=O) groups is 2. The molecule has 2 aromatic carbocycles. The average Bonchev–Trinajstić information content (AvgIpc) is 3.16. The molecule has 0 bridgehead atoms. The predicted octanol–water partition coefficient (Wildman–Crippen LogP) is 3.24. The van der Waals surface area contributed by atoms with Gasteiger partial charge in [0.1, 0.15) is 0 Å². The van der Waals surface area contributed by atoms with Crippen LogP contribution in [-0.4, -0.2) is 50.9 Å². The number of nitrogens with zero attached hydrogens (tertiary/aromatic N) is 2. The lowest BCUT2D eigenvalue weighted by Gasteiger charge is -2.30. The standard InChI is InChI=1S/C22H25N3O3S/c1-29-18-6-4-5-17(14-18)25-15-16(13-21(25)26)22(27)23-19-7-2-3-8-20(19)24-9-11-28-12-10-24/h2-8,14,16H,9-13,15H2,1H3,(H,23,27)/t16-/m0/s1. The van der Waals surface area contributed by atoms with Crippen molar-refractivity contribution in [3.63, 3.8) is 0 Å². The van der Waals surface area contributed by atoms with E-state index in [2.05, 4.69) is 10.2 Å². The van der Waals surface area contributed by atoms with Crippen LogP contribution in [0.25, 0.3) is 0 Å². The molecule has 2 aromatic rings. The van der Waals surface area contributed by atoms with Crippen LogP contribution >= 0.6 is 11.8 Å². The molecule has 0 radical (unpaired) electrons. The zero-order valence-corrected chi connectivity index (χ0v) is 17.3. The summed E-state index contributed by atoms with van der Waals surface area (Å²) in [6.45, 7) is 3.37. The zero-order chi connectivity index (χ0) is 20.2. The number of carbonyl (C=O) groups excluding carboxylic acids is 2. The number of ether oxygens (including phenoxy) is 1. The summed E-state index contributed by atoms with van der Waals surface area (Å²) in [5, 5.41) is 3.06. The molecule has 29 heavy (non-hydrogen) atoms. The molecule has 0 aromatic heterocycles. The molecule has 1 N–H and O–H groups in total. The Balaban J connectivity index is 1.46. The Bertz CT molecular complexity index is 898. The molecule has 1 atom stereocenters. The lowest BCUT2D eigenvalue weighted by molar-refractivity contribution is -0.122. The van der Waals surface area contributed by atoms with Gasteiger partial charge in [0.15, 0.2) is 0 Å². The largest absolute Gasteiger partial charge is 0.378 e. The summed E-state index contributed by atoms with van der Waals surface area (Å²) in [7, 11) is 0. The number of thioether (sulfide) groups is 1. The Hall–Kier alpha value is -2.51. The highest BCUT2D eigenvalue weighted by Gasteiger charge is 2.35. The number of amides is 2. The molecule has 4 rings (SSSR count). The highest BCUT2D eigenvalue weighted by atomic mass is 32.2. The van der Waals surface area contributed by atoms with Gasteiger partial charge < -0.3 is 19.9 Å². The van der Waals surface area contributed by atoms with Gasteiger partial charge in [0.2, 0.25) is 11.8 Å². The lowest BCUT2D eigenvalue weighted by atomic mass is 10.1. The maximum Gasteiger partial charge on any atom is 0.229 e. The summed E-state index contributed by atoms with van der Waals surface area (Å²) in [4.78, 5) is 30.6. The molecule has 0 aliphatic carbocycles. The topological polar surface area (TPSA) is 61.9 Å². The van der Waals surface area contributed by atoms with E-state index in [0.717, 1.165) is 35.0 Å². The summed E-state index contributed by atoms with van der Waals surface area (Å²) in [5.41, 5.74) is 2.64. The van der Waals surface area contributed by atoms with E-state index in [0.29, 0.717) is 19.8 Å². The molecule has 2 aliphatic rings. The van der Waals surface area contributed by atoms with Gasteiger partial charge in [-0.2, -0.15) is 0 Å². The normalized spacial score (nSPS) is 19.5. The van der Waals surface area contributed by atoms with Crippen LogP contribution in [0.3, 0.4) is 0 Å². The Kier molecular flexibility index (Phi) is 6.06. The van der Waals surface area contributed by atoms with Crippen LogP contribution < -0.4 is 15.1 Å². The quantitative estimate of drug-likeness (QED) is 0.766. The number of hydrogen-bond donors (Lipinski definition) is 1. The maximum atomic E-state index is 13.0. The molecule has 0 saturated carbocycles. The smallest absolute Gasteiger partial charge is 0.229 e. The van der Waals surface area contributed by atoms with Crippen molar-refractivity contribution in [2.75, 3.05) is 54.2 Å². The fourth-order valence-corrected chi connectivity index (χ4v) is 4.26. The molecule has 0 spiro atoms. The van der Waals surface area contributed by atoms with Crippen molar-refractivity contribution in [1.82, 2.24) is 0 Å². The SMILES string of the molecule is CSc1cccc(N2C[C@@H](C(=O)Nc3ccccc3N3CCOCC3)CC2=O)c1. The Labute approximate surface area is 175 Å². The van der Waals surface area contributed by atoms with Crippen LogP contribution in [0.2, 0.25) is 0 Å². The Morgan fingerprint density at radius 2 is 1.93 bits per heavy atom. The summed E-state index contributed by atoms with van der Waals surface area (Å²) in [6.07, 6.45) is 2.24. The van der Waals surface area contributed by atoms with Crippen LogP contribution in [0.15, 0.2) is 53.4 Å². The molecule has 6 nitrogen and oxygen atoms in total. The number of benzene rings is 2. The highest BCUT2D eigenvalue weighted by molar-refractivity contribution is 7.98. The van der Waals surface area contributed by atoms with E-state index in [1.807, 2.05) is 54.8 Å². The first kappa shape index (κ1) is 19.8. The minimum absolute atomic E-state index is 0.00938. The third-order valence-corrected chi connectivity index (χ3v) is 6.10. The number of hydrogen-bond acceptors (Lipinski definition) is 5. The lowest BCUT2D eigenvalue weighted by Crippen LogP contribution is -2.37. The van der Waals surface area contributed by atoms with Crippen molar-refractivity contribution < 1.29 is 14.3 Å².